The lowest BCUT2D eigenvalue weighted by molar-refractivity contribution is 0.410. The van der Waals surface area contributed by atoms with Crippen LogP contribution in [-0.4, -0.2) is 13.2 Å². The molecule has 0 spiro atoms. The normalized spacial score (nSPS) is 12.2. The van der Waals surface area contributed by atoms with E-state index in [1.165, 1.54) is 13.2 Å². The molecular formula is C12H16FNO. The third-order valence-electron chi connectivity index (χ3n) is 2.23. The van der Waals surface area contributed by atoms with Crippen LogP contribution in [0, 0.1) is 5.82 Å². The van der Waals surface area contributed by atoms with Gasteiger partial charge in [0.05, 0.1) is 7.11 Å². The third kappa shape index (κ3) is 3.36. The number of halogens is 1. The van der Waals surface area contributed by atoms with Crippen LogP contribution in [0.25, 0.3) is 0 Å². The van der Waals surface area contributed by atoms with Gasteiger partial charge in [-0.15, -0.1) is 6.58 Å². The smallest absolute Gasteiger partial charge is 0.131 e. The maximum atomic E-state index is 13.4. The van der Waals surface area contributed by atoms with E-state index in [0.29, 0.717) is 17.9 Å². The molecule has 0 saturated carbocycles. The van der Waals surface area contributed by atoms with Gasteiger partial charge in [-0.3, -0.25) is 0 Å². The summed E-state index contributed by atoms with van der Waals surface area (Å²) in [6.45, 7) is 6.10. The quantitative estimate of drug-likeness (QED) is 0.752. The predicted octanol–water partition coefficient (Wildman–Crippen LogP) is 2.50. The van der Waals surface area contributed by atoms with Crippen molar-refractivity contribution >= 4 is 0 Å². The van der Waals surface area contributed by atoms with Gasteiger partial charge in [-0.2, -0.15) is 0 Å². The third-order valence-corrected chi connectivity index (χ3v) is 2.23. The Hall–Kier alpha value is -1.35. The van der Waals surface area contributed by atoms with Crippen molar-refractivity contribution in [1.82, 2.24) is 5.32 Å². The van der Waals surface area contributed by atoms with Crippen molar-refractivity contribution in [2.45, 2.75) is 19.5 Å². The molecule has 0 fully saturated rings. The summed E-state index contributed by atoms with van der Waals surface area (Å²) in [5.74, 6) is 0.283. The minimum absolute atomic E-state index is 0.173. The molecule has 1 unspecified atom stereocenters. The average Bonchev–Trinajstić information content (AvgIpc) is 2.26. The van der Waals surface area contributed by atoms with E-state index in [-0.39, 0.29) is 11.9 Å². The molecule has 0 aliphatic rings. The number of nitrogens with one attached hydrogen (secondary N) is 1. The van der Waals surface area contributed by atoms with Gasteiger partial charge in [0.1, 0.15) is 11.6 Å². The van der Waals surface area contributed by atoms with E-state index in [1.807, 2.05) is 6.92 Å². The van der Waals surface area contributed by atoms with E-state index in [9.17, 15) is 4.39 Å². The van der Waals surface area contributed by atoms with Crippen LogP contribution in [0.15, 0.2) is 30.9 Å². The summed E-state index contributed by atoms with van der Waals surface area (Å²) in [6, 6.07) is 5.03. The van der Waals surface area contributed by atoms with Crippen molar-refractivity contribution in [2.75, 3.05) is 7.11 Å². The summed E-state index contributed by atoms with van der Waals surface area (Å²) >= 11 is 0. The van der Waals surface area contributed by atoms with Crippen LogP contribution in [0.4, 0.5) is 4.39 Å². The molecule has 0 aliphatic heterocycles. The van der Waals surface area contributed by atoms with Crippen LogP contribution in [0.2, 0.25) is 0 Å². The van der Waals surface area contributed by atoms with Gasteiger partial charge < -0.3 is 10.1 Å². The first kappa shape index (κ1) is 11.7. The highest BCUT2D eigenvalue weighted by molar-refractivity contribution is 5.28. The molecule has 0 saturated heterocycles. The van der Waals surface area contributed by atoms with Gasteiger partial charge in [-0.25, -0.2) is 4.39 Å². The topological polar surface area (TPSA) is 21.3 Å². The molecule has 0 amide bonds. The fourth-order valence-electron chi connectivity index (χ4n) is 1.15. The van der Waals surface area contributed by atoms with Crippen molar-refractivity contribution in [1.29, 1.82) is 0 Å². The first-order valence-electron chi connectivity index (χ1n) is 4.85. The maximum Gasteiger partial charge on any atom is 0.131 e. The van der Waals surface area contributed by atoms with Crippen LogP contribution >= 0.6 is 0 Å². The molecule has 0 aromatic heterocycles. The van der Waals surface area contributed by atoms with E-state index in [2.05, 4.69) is 11.9 Å². The van der Waals surface area contributed by atoms with Gasteiger partial charge in [0, 0.05) is 24.2 Å². The molecule has 0 heterocycles. The second-order valence-corrected chi connectivity index (χ2v) is 3.36. The van der Waals surface area contributed by atoms with Gasteiger partial charge in [-0.1, -0.05) is 12.1 Å². The molecule has 1 aromatic carbocycles. The standard InChI is InChI=1S/C12H16FNO/c1-4-9(2)14-8-10-5-6-11(15-3)7-12(10)13/h4-7,9,14H,1,8H2,2-3H3. The monoisotopic (exact) mass is 209 g/mol. The van der Waals surface area contributed by atoms with Gasteiger partial charge >= 0.3 is 0 Å². The predicted molar refractivity (Wildman–Crippen MR) is 59.5 cm³/mol. The zero-order valence-electron chi connectivity index (χ0n) is 9.09. The summed E-state index contributed by atoms with van der Waals surface area (Å²) in [6.07, 6.45) is 1.78. The fraction of sp³-hybridized carbons (Fsp3) is 0.333. The number of methoxy groups -OCH3 is 1. The average molecular weight is 209 g/mol. The molecule has 0 radical (unpaired) electrons. The molecule has 15 heavy (non-hydrogen) atoms. The zero-order chi connectivity index (χ0) is 11.3. The Morgan fingerprint density at radius 2 is 2.33 bits per heavy atom. The minimum atomic E-state index is -0.252. The fourth-order valence-corrected chi connectivity index (χ4v) is 1.15. The number of hydrogen-bond acceptors (Lipinski definition) is 2. The van der Waals surface area contributed by atoms with Crippen LogP contribution in [0.3, 0.4) is 0 Å². The largest absolute Gasteiger partial charge is 0.497 e. The van der Waals surface area contributed by atoms with Crippen molar-refractivity contribution in [3.63, 3.8) is 0 Å². The zero-order valence-corrected chi connectivity index (χ0v) is 9.09. The SMILES string of the molecule is C=CC(C)NCc1ccc(OC)cc1F. The summed E-state index contributed by atoms with van der Waals surface area (Å²) in [7, 11) is 1.52. The molecular weight excluding hydrogens is 193 g/mol. The Morgan fingerprint density at radius 1 is 1.60 bits per heavy atom. The van der Waals surface area contributed by atoms with Gasteiger partial charge in [0.25, 0.3) is 0 Å². The second-order valence-electron chi connectivity index (χ2n) is 3.36. The highest BCUT2D eigenvalue weighted by Crippen LogP contribution is 2.16. The Kier molecular flexibility index (Phi) is 4.31. The molecule has 0 bridgehead atoms. The van der Waals surface area contributed by atoms with Gasteiger partial charge in [0.15, 0.2) is 0 Å². The number of rotatable bonds is 5. The number of hydrogen-bond donors (Lipinski definition) is 1. The lowest BCUT2D eigenvalue weighted by Crippen LogP contribution is -2.23. The summed E-state index contributed by atoms with van der Waals surface area (Å²) in [4.78, 5) is 0. The van der Waals surface area contributed by atoms with Gasteiger partial charge in [-0.05, 0) is 13.0 Å². The lowest BCUT2D eigenvalue weighted by atomic mass is 10.2. The summed E-state index contributed by atoms with van der Waals surface area (Å²) in [5.41, 5.74) is 0.629. The number of benzene rings is 1. The molecule has 0 aliphatic carbocycles. The highest BCUT2D eigenvalue weighted by Gasteiger charge is 2.04. The molecule has 82 valence electrons. The van der Waals surface area contributed by atoms with E-state index in [4.69, 9.17) is 4.74 Å². The van der Waals surface area contributed by atoms with E-state index >= 15 is 0 Å². The second kappa shape index (κ2) is 5.51. The Labute approximate surface area is 89.8 Å². The van der Waals surface area contributed by atoms with Crippen molar-refractivity contribution in [3.8, 4) is 5.75 Å². The molecule has 3 heteroatoms. The highest BCUT2D eigenvalue weighted by atomic mass is 19.1. The molecule has 2 nitrogen and oxygen atoms in total. The number of ether oxygens (including phenoxy) is 1. The molecule has 1 rings (SSSR count). The molecule has 1 atom stereocenters. The Morgan fingerprint density at radius 3 is 2.87 bits per heavy atom. The first-order chi connectivity index (χ1) is 7.17. The minimum Gasteiger partial charge on any atom is -0.497 e. The summed E-state index contributed by atoms with van der Waals surface area (Å²) in [5, 5.41) is 3.13. The molecule has 1 aromatic rings. The Bertz CT molecular complexity index is 338. The van der Waals surface area contributed by atoms with E-state index in [0.717, 1.165) is 0 Å². The van der Waals surface area contributed by atoms with Crippen molar-refractivity contribution < 1.29 is 9.13 Å². The van der Waals surface area contributed by atoms with Crippen molar-refractivity contribution in [3.05, 3.63) is 42.2 Å². The van der Waals surface area contributed by atoms with Crippen LogP contribution < -0.4 is 10.1 Å². The van der Waals surface area contributed by atoms with Crippen molar-refractivity contribution in [2.24, 2.45) is 0 Å². The maximum absolute atomic E-state index is 13.4. The van der Waals surface area contributed by atoms with E-state index < -0.39 is 0 Å². The molecule has 1 N–H and O–H groups in total. The van der Waals surface area contributed by atoms with Gasteiger partial charge in [0.2, 0.25) is 0 Å². The van der Waals surface area contributed by atoms with Crippen LogP contribution in [-0.2, 0) is 6.54 Å². The van der Waals surface area contributed by atoms with E-state index in [1.54, 1.807) is 18.2 Å². The lowest BCUT2D eigenvalue weighted by Gasteiger charge is -2.10. The van der Waals surface area contributed by atoms with Crippen LogP contribution in [0.1, 0.15) is 12.5 Å². The first-order valence-corrected chi connectivity index (χ1v) is 4.85. The summed E-state index contributed by atoms with van der Waals surface area (Å²) < 4.78 is 18.4. The van der Waals surface area contributed by atoms with Crippen LogP contribution in [0.5, 0.6) is 5.75 Å². The Balaban J connectivity index is 2.65.